The highest BCUT2D eigenvalue weighted by Gasteiger charge is 2.14. The number of imidazole rings is 2. The van der Waals surface area contributed by atoms with Crippen LogP contribution in [0.15, 0.2) is 29.7 Å². The predicted octanol–water partition coefficient (Wildman–Crippen LogP) is 0.768. The van der Waals surface area contributed by atoms with Gasteiger partial charge in [0, 0.05) is 18.1 Å². The van der Waals surface area contributed by atoms with E-state index >= 15 is 0 Å². The lowest BCUT2D eigenvalue weighted by Gasteiger charge is -2.05. The summed E-state index contributed by atoms with van der Waals surface area (Å²) in [7, 11) is 0. The van der Waals surface area contributed by atoms with Gasteiger partial charge in [0.05, 0.1) is 11.9 Å². The van der Waals surface area contributed by atoms with Crippen LogP contribution in [0.2, 0.25) is 0 Å². The fourth-order valence-corrected chi connectivity index (χ4v) is 2.32. The molecular weight excluding hydrogens is 270 g/mol. The van der Waals surface area contributed by atoms with Crippen molar-refractivity contribution >= 4 is 16.8 Å². The Morgan fingerprint density at radius 3 is 2.81 bits per heavy atom. The highest BCUT2D eigenvalue weighted by molar-refractivity contribution is 5.73. The molecule has 0 saturated heterocycles. The number of aryl methyl sites for hydroxylation is 2. The number of nitrogens with one attached hydrogen (secondary N) is 1. The quantitative estimate of drug-likeness (QED) is 0.556. The third-order valence-corrected chi connectivity index (χ3v) is 3.50. The Labute approximate surface area is 118 Å². The lowest BCUT2D eigenvalue weighted by Crippen LogP contribution is -2.13. The SMILES string of the molecule is Cc1nc2c(=O)[nH]c3cnc(-n4ccnc4)nc3n2c1C. The monoisotopic (exact) mass is 281 g/mol. The number of aromatic nitrogens is 7. The molecule has 4 aromatic rings. The fraction of sp³-hybridized carbons (Fsp3) is 0.154. The average molecular weight is 281 g/mol. The molecule has 0 aliphatic heterocycles. The zero-order chi connectivity index (χ0) is 14.6. The molecule has 0 spiro atoms. The zero-order valence-corrected chi connectivity index (χ0v) is 11.4. The number of fused-ring (bicyclic) bond motifs is 3. The van der Waals surface area contributed by atoms with E-state index < -0.39 is 0 Å². The van der Waals surface area contributed by atoms with Crippen molar-refractivity contribution in [2.75, 3.05) is 0 Å². The second kappa shape index (κ2) is 3.98. The van der Waals surface area contributed by atoms with Crippen LogP contribution in [0.25, 0.3) is 22.8 Å². The van der Waals surface area contributed by atoms with Crippen molar-refractivity contribution < 1.29 is 0 Å². The summed E-state index contributed by atoms with van der Waals surface area (Å²) in [5.41, 5.74) is 2.95. The smallest absolute Gasteiger partial charge is 0.292 e. The molecule has 8 heteroatoms. The lowest BCUT2D eigenvalue weighted by atomic mass is 10.4. The molecule has 8 nitrogen and oxygen atoms in total. The third kappa shape index (κ3) is 1.59. The van der Waals surface area contributed by atoms with Crippen LogP contribution >= 0.6 is 0 Å². The van der Waals surface area contributed by atoms with Gasteiger partial charge in [-0.2, -0.15) is 4.98 Å². The van der Waals surface area contributed by atoms with Gasteiger partial charge in [0.1, 0.15) is 11.8 Å². The van der Waals surface area contributed by atoms with E-state index in [1.165, 1.54) is 0 Å². The Morgan fingerprint density at radius 2 is 2.05 bits per heavy atom. The van der Waals surface area contributed by atoms with Gasteiger partial charge in [0.2, 0.25) is 11.6 Å². The Kier molecular flexibility index (Phi) is 2.23. The van der Waals surface area contributed by atoms with Crippen molar-refractivity contribution in [3.63, 3.8) is 0 Å². The molecule has 0 aliphatic rings. The molecule has 4 rings (SSSR count). The van der Waals surface area contributed by atoms with Gasteiger partial charge in [0.25, 0.3) is 5.56 Å². The van der Waals surface area contributed by atoms with Crippen molar-refractivity contribution in [3.05, 3.63) is 46.7 Å². The Hall–Kier alpha value is -3.03. The molecule has 0 aliphatic carbocycles. The van der Waals surface area contributed by atoms with E-state index in [0.717, 1.165) is 11.4 Å². The maximum Gasteiger partial charge on any atom is 0.292 e. The maximum absolute atomic E-state index is 12.1. The van der Waals surface area contributed by atoms with Gasteiger partial charge in [-0.05, 0) is 13.8 Å². The lowest BCUT2D eigenvalue weighted by molar-refractivity contribution is 0.923. The molecule has 0 saturated carbocycles. The first kappa shape index (κ1) is 11.8. The second-order valence-electron chi connectivity index (χ2n) is 4.77. The molecule has 0 atom stereocenters. The van der Waals surface area contributed by atoms with Crippen LogP contribution in [0.1, 0.15) is 11.4 Å². The largest absolute Gasteiger partial charge is 0.315 e. The zero-order valence-electron chi connectivity index (χ0n) is 11.4. The molecule has 0 unspecified atom stereocenters. The summed E-state index contributed by atoms with van der Waals surface area (Å²) in [6.45, 7) is 3.78. The number of H-pyrrole nitrogens is 1. The van der Waals surface area contributed by atoms with E-state index in [9.17, 15) is 4.79 Å². The van der Waals surface area contributed by atoms with Crippen molar-refractivity contribution in [1.82, 2.24) is 33.9 Å². The first-order valence-electron chi connectivity index (χ1n) is 6.38. The number of nitrogens with zero attached hydrogens (tertiary/aromatic N) is 6. The van der Waals surface area contributed by atoms with E-state index in [0.29, 0.717) is 22.8 Å². The van der Waals surface area contributed by atoms with E-state index in [4.69, 9.17) is 0 Å². The van der Waals surface area contributed by atoms with Crippen molar-refractivity contribution in [3.8, 4) is 5.95 Å². The van der Waals surface area contributed by atoms with E-state index in [2.05, 4.69) is 24.9 Å². The normalized spacial score (nSPS) is 11.5. The van der Waals surface area contributed by atoms with Gasteiger partial charge in [-0.1, -0.05) is 0 Å². The molecule has 0 amide bonds. The number of rotatable bonds is 1. The third-order valence-electron chi connectivity index (χ3n) is 3.50. The van der Waals surface area contributed by atoms with Crippen LogP contribution in [0.4, 0.5) is 0 Å². The van der Waals surface area contributed by atoms with Crippen LogP contribution in [0, 0.1) is 13.8 Å². The molecule has 0 radical (unpaired) electrons. The average Bonchev–Trinajstić information content (AvgIpc) is 3.09. The van der Waals surface area contributed by atoms with Gasteiger partial charge in [0.15, 0.2) is 5.65 Å². The van der Waals surface area contributed by atoms with Gasteiger partial charge in [-0.25, -0.2) is 15.0 Å². The van der Waals surface area contributed by atoms with E-state index in [1.54, 1.807) is 33.9 Å². The number of hydrogen-bond acceptors (Lipinski definition) is 5. The molecule has 1 N–H and O–H groups in total. The minimum Gasteiger partial charge on any atom is -0.315 e. The molecule has 0 fully saturated rings. The number of aromatic amines is 1. The standard InChI is InChI=1S/C13H11N7O/c1-7-8(2)20-10-9(17-12(21)11(20)16-7)5-15-13(18-10)19-4-3-14-6-19/h3-6H,1-2H3,(H,17,21). The summed E-state index contributed by atoms with van der Waals surface area (Å²) in [4.78, 5) is 31.9. The van der Waals surface area contributed by atoms with Crippen LogP contribution in [-0.4, -0.2) is 33.9 Å². The molecule has 21 heavy (non-hydrogen) atoms. The molecule has 4 aromatic heterocycles. The van der Waals surface area contributed by atoms with Crippen LogP contribution in [0.3, 0.4) is 0 Å². The van der Waals surface area contributed by atoms with Gasteiger partial charge in [-0.3, -0.25) is 13.8 Å². The summed E-state index contributed by atoms with van der Waals surface area (Å²) < 4.78 is 3.46. The second-order valence-corrected chi connectivity index (χ2v) is 4.77. The van der Waals surface area contributed by atoms with Gasteiger partial charge < -0.3 is 4.98 Å². The van der Waals surface area contributed by atoms with Crippen molar-refractivity contribution in [2.45, 2.75) is 13.8 Å². The van der Waals surface area contributed by atoms with Crippen LogP contribution in [0.5, 0.6) is 0 Å². The van der Waals surface area contributed by atoms with Gasteiger partial charge in [-0.15, -0.1) is 0 Å². The topological polar surface area (TPSA) is 93.8 Å². The highest BCUT2D eigenvalue weighted by Crippen LogP contribution is 2.15. The van der Waals surface area contributed by atoms with Gasteiger partial charge >= 0.3 is 0 Å². The number of hydrogen-bond donors (Lipinski definition) is 1. The molecule has 0 bridgehead atoms. The van der Waals surface area contributed by atoms with Crippen LogP contribution in [-0.2, 0) is 0 Å². The van der Waals surface area contributed by atoms with Crippen LogP contribution < -0.4 is 5.56 Å². The van der Waals surface area contributed by atoms with E-state index in [-0.39, 0.29) is 5.56 Å². The summed E-state index contributed by atoms with van der Waals surface area (Å²) in [5, 5.41) is 0. The highest BCUT2D eigenvalue weighted by atomic mass is 16.1. The minimum atomic E-state index is -0.252. The van der Waals surface area contributed by atoms with Crippen molar-refractivity contribution in [1.29, 1.82) is 0 Å². The predicted molar refractivity (Wildman–Crippen MR) is 75.5 cm³/mol. The first-order chi connectivity index (χ1) is 10.1. The first-order valence-corrected chi connectivity index (χ1v) is 6.38. The Morgan fingerprint density at radius 1 is 1.19 bits per heavy atom. The molecule has 4 heterocycles. The Bertz CT molecular complexity index is 1030. The maximum atomic E-state index is 12.1. The van der Waals surface area contributed by atoms with Crippen molar-refractivity contribution in [2.24, 2.45) is 0 Å². The minimum absolute atomic E-state index is 0.252. The Balaban J connectivity index is 2.17. The molecule has 0 aromatic carbocycles. The molecule has 104 valence electrons. The van der Waals surface area contributed by atoms with E-state index in [1.807, 2.05) is 13.8 Å². The summed E-state index contributed by atoms with van der Waals surface area (Å²) in [5.74, 6) is 0.485. The molecular formula is C13H11N7O. The fourth-order valence-electron chi connectivity index (χ4n) is 2.32. The summed E-state index contributed by atoms with van der Waals surface area (Å²) in [6.07, 6.45) is 6.63. The summed E-state index contributed by atoms with van der Waals surface area (Å²) in [6, 6.07) is 0. The summed E-state index contributed by atoms with van der Waals surface area (Å²) >= 11 is 0.